The first-order valence-electron chi connectivity index (χ1n) is 9.65. The van der Waals surface area contributed by atoms with Crippen LogP contribution in [0.4, 0.5) is 4.39 Å². The van der Waals surface area contributed by atoms with Gasteiger partial charge in [-0.3, -0.25) is 9.59 Å². The van der Waals surface area contributed by atoms with E-state index in [1.807, 2.05) is 12.1 Å². The third-order valence-electron chi connectivity index (χ3n) is 5.44. The standard InChI is InChI=1S/C22H23FN2O2S/c23-17-10-4-2-7-15(17)12-20-22(27)25-19(13-28-20)21(26)24-18-11-5-8-14-6-1-3-9-16(14)18/h1-4,6-7,9-10,18-20H,5,8,11-13H2,(H,24,26)(H,25,27)/t18-,19-,20+/m1/s1. The molecule has 2 amide bonds. The van der Waals surface area contributed by atoms with Crippen LogP contribution >= 0.6 is 11.8 Å². The van der Waals surface area contributed by atoms with Gasteiger partial charge in [0.25, 0.3) is 0 Å². The number of hydrogen-bond donors (Lipinski definition) is 2. The number of carbonyl (C=O) groups is 2. The van der Waals surface area contributed by atoms with Gasteiger partial charge >= 0.3 is 0 Å². The van der Waals surface area contributed by atoms with Gasteiger partial charge in [0, 0.05) is 5.75 Å². The minimum Gasteiger partial charge on any atom is -0.347 e. The molecule has 1 aliphatic heterocycles. The van der Waals surface area contributed by atoms with E-state index in [9.17, 15) is 14.0 Å². The molecule has 1 heterocycles. The zero-order valence-electron chi connectivity index (χ0n) is 15.5. The fourth-order valence-corrected chi connectivity index (χ4v) is 5.10. The molecule has 2 aromatic rings. The summed E-state index contributed by atoms with van der Waals surface area (Å²) in [4.78, 5) is 25.2. The van der Waals surface area contributed by atoms with E-state index < -0.39 is 6.04 Å². The van der Waals surface area contributed by atoms with Crippen molar-refractivity contribution in [3.05, 3.63) is 71.0 Å². The molecule has 0 bridgehead atoms. The lowest BCUT2D eigenvalue weighted by molar-refractivity contribution is -0.129. The first-order valence-corrected chi connectivity index (χ1v) is 10.7. The van der Waals surface area contributed by atoms with Gasteiger partial charge in [-0.1, -0.05) is 42.5 Å². The van der Waals surface area contributed by atoms with Crippen molar-refractivity contribution in [2.75, 3.05) is 5.75 Å². The molecule has 146 valence electrons. The highest BCUT2D eigenvalue weighted by atomic mass is 32.2. The Labute approximate surface area is 168 Å². The first kappa shape index (κ1) is 19.0. The fourth-order valence-electron chi connectivity index (χ4n) is 3.93. The second-order valence-corrected chi connectivity index (χ2v) is 8.57. The van der Waals surface area contributed by atoms with Gasteiger partial charge in [0.05, 0.1) is 11.3 Å². The summed E-state index contributed by atoms with van der Waals surface area (Å²) in [5, 5.41) is 5.56. The van der Waals surface area contributed by atoms with Crippen LogP contribution in [-0.2, 0) is 22.4 Å². The van der Waals surface area contributed by atoms with Crippen LogP contribution in [0.1, 0.15) is 35.6 Å². The molecule has 0 spiro atoms. The van der Waals surface area contributed by atoms with Gasteiger partial charge in [-0.05, 0) is 48.4 Å². The highest BCUT2D eigenvalue weighted by molar-refractivity contribution is 8.00. The van der Waals surface area contributed by atoms with Crippen molar-refractivity contribution in [2.45, 2.75) is 43.0 Å². The molecule has 1 saturated heterocycles. The SMILES string of the molecule is O=C1N[C@@H](C(=O)N[C@@H]2CCCc3ccccc32)CS[C@H]1Cc1ccccc1F. The van der Waals surface area contributed by atoms with E-state index in [4.69, 9.17) is 0 Å². The number of thioether (sulfide) groups is 1. The Morgan fingerprint density at radius 2 is 1.96 bits per heavy atom. The summed E-state index contributed by atoms with van der Waals surface area (Å²) in [6, 6.07) is 14.1. The Morgan fingerprint density at radius 1 is 1.18 bits per heavy atom. The van der Waals surface area contributed by atoms with E-state index in [0.717, 1.165) is 19.3 Å². The van der Waals surface area contributed by atoms with Gasteiger partial charge in [0.2, 0.25) is 11.8 Å². The Bertz CT molecular complexity index is 888. The number of amides is 2. The predicted molar refractivity (Wildman–Crippen MR) is 109 cm³/mol. The van der Waals surface area contributed by atoms with E-state index in [1.165, 1.54) is 29.0 Å². The van der Waals surface area contributed by atoms with E-state index >= 15 is 0 Å². The summed E-state index contributed by atoms with van der Waals surface area (Å²) >= 11 is 1.42. The molecule has 4 nitrogen and oxygen atoms in total. The van der Waals surface area contributed by atoms with E-state index in [1.54, 1.807) is 18.2 Å². The molecule has 4 rings (SSSR count). The van der Waals surface area contributed by atoms with E-state index in [0.29, 0.717) is 17.7 Å². The number of halogens is 1. The average Bonchev–Trinajstić information content (AvgIpc) is 2.71. The summed E-state index contributed by atoms with van der Waals surface area (Å²) in [6.07, 6.45) is 3.31. The summed E-state index contributed by atoms with van der Waals surface area (Å²) in [6.45, 7) is 0. The minimum atomic E-state index is -0.552. The quantitative estimate of drug-likeness (QED) is 0.832. The van der Waals surface area contributed by atoms with Gasteiger partial charge in [-0.2, -0.15) is 0 Å². The number of fused-ring (bicyclic) bond motifs is 1. The molecule has 0 radical (unpaired) electrons. The van der Waals surface area contributed by atoms with Crippen LogP contribution in [0.2, 0.25) is 0 Å². The topological polar surface area (TPSA) is 58.2 Å². The zero-order chi connectivity index (χ0) is 19.5. The van der Waals surface area contributed by atoms with Crippen LogP contribution in [0, 0.1) is 5.82 Å². The monoisotopic (exact) mass is 398 g/mol. The van der Waals surface area contributed by atoms with Gasteiger partial charge in [-0.25, -0.2) is 4.39 Å². The van der Waals surface area contributed by atoms with Gasteiger partial charge in [0.15, 0.2) is 0 Å². The van der Waals surface area contributed by atoms with Crippen molar-refractivity contribution in [1.29, 1.82) is 0 Å². The second kappa shape index (κ2) is 8.35. The maximum atomic E-state index is 13.9. The first-order chi connectivity index (χ1) is 13.6. The summed E-state index contributed by atoms with van der Waals surface area (Å²) < 4.78 is 13.9. The number of hydrogen-bond acceptors (Lipinski definition) is 3. The maximum Gasteiger partial charge on any atom is 0.243 e. The number of benzene rings is 2. The third kappa shape index (κ3) is 4.07. The van der Waals surface area contributed by atoms with Crippen molar-refractivity contribution in [2.24, 2.45) is 0 Å². The summed E-state index contributed by atoms with van der Waals surface area (Å²) in [5.74, 6) is -0.159. The van der Waals surface area contributed by atoms with Gasteiger partial charge in [0.1, 0.15) is 11.9 Å². The zero-order valence-corrected chi connectivity index (χ0v) is 16.3. The molecule has 1 aliphatic carbocycles. The highest BCUT2D eigenvalue weighted by Crippen LogP contribution is 2.30. The molecule has 1 fully saturated rings. The predicted octanol–water partition coefficient (Wildman–Crippen LogP) is 3.16. The van der Waals surface area contributed by atoms with Crippen molar-refractivity contribution >= 4 is 23.6 Å². The lowest BCUT2D eigenvalue weighted by Gasteiger charge is -2.31. The smallest absolute Gasteiger partial charge is 0.243 e. The molecule has 28 heavy (non-hydrogen) atoms. The lowest BCUT2D eigenvalue weighted by atomic mass is 9.87. The molecule has 3 atom stereocenters. The Morgan fingerprint density at radius 3 is 2.79 bits per heavy atom. The van der Waals surface area contributed by atoms with Crippen molar-refractivity contribution in [1.82, 2.24) is 10.6 Å². The highest BCUT2D eigenvalue weighted by Gasteiger charge is 2.34. The largest absolute Gasteiger partial charge is 0.347 e. The van der Waals surface area contributed by atoms with Crippen LogP contribution in [0.25, 0.3) is 0 Å². The van der Waals surface area contributed by atoms with Crippen LogP contribution in [0.3, 0.4) is 0 Å². The minimum absolute atomic E-state index is 0.00418. The lowest BCUT2D eigenvalue weighted by Crippen LogP contribution is -2.55. The van der Waals surface area contributed by atoms with Crippen LogP contribution in [0.5, 0.6) is 0 Å². The van der Waals surface area contributed by atoms with E-state index in [-0.39, 0.29) is 28.9 Å². The molecule has 0 unspecified atom stereocenters. The van der Waals surface area contributed by atoms with E-state index in [2.05, 4.69) is 22.8 Å². The van der Waals surface area contributed by atoms with Gasteiger partial charge < -0.3 is 10.6 Å². The number of aryl methyl sites for hydroxylation is 1. The van der Waals surface area contributed by atoms with Crippen molar-refractivity contribution in [3.63, 3.8) is 0 Å². The van der Waals surface area contributed by atoms with Crippen LogP contribution in [0.15, 0.2) is 48.5 Å². The Hall–Kier alpha value is -2.34. The number of nitrogens with one attached hydrogen (secondary N) is 2. The molecular weight excluding hydrogens is 375 g/mol. The van der Waals surface area contributed by atoms with Gasteiger partial charge in [-0.15, -0.1) is 11.8 Å². The third-order valence-corrected chi connectivity index (χ3v) is 6.75. The fraction of sp³-hybridized carbons (Fsp3) is 0.364. The molecule has 2 aromatic carbocycles. The normalized spacial score (nSPS) is 24.2. The molecular formula is C22H23FN2O2S. The summed E-state index contributed by atoms with van der Waals surface area (Å²) in [7, 11) is 0. The average molecular weight is 399 g/mol. The Kier molecular flexibility index (Phi) is 5.67. The molecule has 0 aromatic heterocycles. The molecule has 2 aliphatic rings. The maximum absolute atomic E-state index is 13.9. The Balaban J connectivity index is 1.36. The molecule has 0 saturated carbocycles. The van der Waals surface area contributed by atoms with Crippen LogP contribution in [-0.4, -0.2) is 28.9 Å². The molecule has 2 N–H and O–H groups in total. The number of rotatable bonds is 4. The van der Waals surface area contributed by atoms with Crippen LogP contribution < -0.4 is 10.6 Å². The van der Waals surface area contributed by atoms with Crippen molar-refractivity contribution in [3.8, 4) is 0 Å². The van der Waals surface area contributed by atoms with Crippen molar-refractivity contribution < 1.29 is 14.0 Å². The second-order valence-electron chi connectivity index (χ2n) is 7.33. The summed E-state index contributed by atoms with van der Waals surface area (Å²) in [5.41, 5.74) is 2.98. The number of carbonyl (C=O) groups excluding carboxylic acids is 2. The molecule has 6 heteroatoms.